The first kappa shape index (κ1) is 14.2. The van der Waals surface area contributed by atoms with Crippen molar-refractivity contribution >= 4 is 28.5 Å². The Kier molecular flexibility index (Phi) is 3.77. The average Bonchev–Trinajstić information content (AvgIpc) is 2.72. The molecule has 0 unspecified atom stereocenters. The molecule has 3 heterocycles. The summed E-state index contributed by atoms with van der Waals surface area (Å²) in [6, 6.07) is 0. The third-order valence-electron chi connectivity index (χ3n) is 3.71. The molecule has 1 saturated heterocycles. The van der Waals surface area contributed by atoms with Gasteiger partial charge in [0, 0.05) is 27.2 Å². The molecule has 0 N–H and O–H groups in total. The maximum absolute atomic E-state index is 11.9. The number of aryl methyl sites for hydroxylation is 1. The average molecular weight is 309 g/mol. The second kappa shape index (κ2) is 5.57. The number of hydrogen-bond acceptors (Lipinski definition) is 5. The molecule has 2 aromatic heterocycles. The van der Waals surface area contributed by atoms with Crippen molar-refractivity contribution in [3.05, 3.63) is 17.2 Å². The molecule has 1 fully saturated rings. The van der Waals surface area contributed by atoms with E-state index in [0.717, 1.165) is 24.9 Å². The number of carbonyl (C=O) groups excluding carboxylic acids is 1. The summed E-state index contributed by atoms with van der Waals surface area (Å²) in [7, 11) is 3.65. The molecule has 1 aliphatic rings. The zero-order valence-electron chi connectivity index (χ0n) is 12.1. The summed E-state index contributed by atoms with van der Waals surface area (Å²) in [6.45, 7) is 2.54. The Balaban J connectivity index is 1.84. The van der Waals surface area contributed by atoms with Crippen molar-refractivity contribution in [1.82, 2.24) is 29.5 Å². The van der Waals surface area contributed by atoms with Crippen LogP contribution in [-0.2, 0) is 18.4 Å². The molecule has 0 aliphatic carbocycles. The Bertz CT molecular complexity index is 685. The lowest BCUT2D eigenvalue weighted by Gasteiger charge is -2.18. The number of aromatic nitrogens is 4. The molecule has 0 spiro atoms. The van der Waals surface area contributed by atoms with Crippen molar-refractivity contribution in [2.75, 3.05) is 26.7 Å². The van der Waals surface area contributed by atoms with Gasteiger partial charge in [-0.1, -0.05) is 11.6 Å². The SMILES string of the molecule is CN1CCCN(Cc2nc(Cl)c3cnn(C)c3n2)CC1=O. The molecule has 7 nitrogen and oxygen atoms in total. The van der Waals surface area contributed by atoms with Gasteiger partial charge in [-0.25, -0.2) is 9.97 Å². The highest BCUT2D eigenvalue weighted by Gasteiger charge is 2.20. The summed E-state index contributed by atoms with van der Waals surface area (Å²) < 4.78 is 1.67. The molecule has 3 rings (SSSR count). The Hall–Kier alpha value is -1.73. The number of rotatable bonds is 2. The lowest BCUT2D eigenvalue weighted by Crippen LogP contribution is -2.34. The fourth-order valence-electron chi connectivity index (χ4n) is 2.48. The zero-order chi connectivity index (χ0) is 15.0. The quantitative estimate of drug-likeness (QED) is 0.763. The molecule has 2 aromatic rings. The van der Waals surface area contributed by atoms with Crippen LogP contribution in [0.5, 0.6) is 0 Å². The zero-order valence-corrected chi connectivity index (χ0v) is 12.8. The minimum atomic E-state index is 0.125. The van der Waals surface area contributed by atoms with Crippen LogP contribution < -0.4 is 0 Å². The van der Waals surface area contributed by atoms with Gasteiger partial charge in [0.25, 0.3) is 0 Å². The molecular formula is C13H17ClN6O. The molecular weight excluding hydrogens is 292 g/mol. The number of amides is 1. The summed E-state index contributed by atoms with van der Waals surface area (Å²) in [5.74, 6) is 0.744. The Labute approximate surface area is 127 Å². The van der Waals surface area contributed by atoms with Crippen LogP contribution in [0, 0.1) is 0 Å². The van der Waals surface area contributed by atoms with Crippen molar-refractivity contribution in [2.45, 2.75) is 13.0 Å². The summed E-state index contributed by atoms with van der Waals surface area (Å²) in [5.41, 5.74) is 0.711. The highest BCUT2D eigenvalue weighted by atomic mass is 35.5. The molecule has 0 radical (unpaired) electrons. The van der Waals surface area contributed by atoms with E-state index in [1.165, 1.54) is 0 Å². The smallest absolute Gasteiger partial charge is 0.236 e. The van der Waals surface area contributed by atoms with Gasteiger partial charge in [0.2, 0.25) is 5.91 Å². The Morgan fingerprint density at radius 2 is 2.10 bits per heavy atom. The van der Waals surface area contributed by atoms with Gasteiger partial charge in [-0.15, -0.1) is 0 Å². The monoisotopic (exact) mass is 308 g/mol. The van der Waals surface area contributed by atoms with Crippen LogP contribution >= 0.6 is 11.6 Å². The van der Waals surface area contributed by atoms with Crippen molar-refractivity contribution in [3.8, 4) is 0 Å². The molecule has 0 aromatic carbocycles. The van der Waals surface area contributed by atoms with E-state index in [1.54, 1.807) is 15.8 Å². The van der Waals surface area contributed by atoms with E-state index in [2.05, 4.69) is 20.0 Å². The molecule has 112 valence electrons. The van der Waals surface area contributed by atoms with Gasteiger partial charge in [-0.05, 0) is 6.42 Å². The van der Waals surface area contributed by atoms with Crippen LogP contribution in [0.1, 0.15) is 12.2 Å². The van der Waals surface area contributed by atoms with Crippen LogP contribution in [0.2, 0.25) is 5.15 Å². The number of carbonyl (C=O) groups is 1. The van der Waals surface area contributed by atoms with E-state index in [-0.39, 0.29) is 5.91 Å². The predicted molar refractivity (Wildman–Crippen MR) is 78.8 cm³/mol. The summed E-state index contributed by atoms with van der Waals surface area (Å²) in [6.07, 6.45) is 2.61. The maximum atomic E-state index is 11.9. The van der Waals surface area contributed by atoms with E-state index in [4.69, 9.17) is 11.6 Å². The van der Waals surface area contributed by atoms with Crippen LogP contribution in [-0.4, -0.2) is 62.1 Å². The minimum absolute atomic E-state index is 0.125. The third-order valence-corrected chi connectivity index (χ3v) is 4.00. The molecule has 21 heavy (non-hydrogen) atoms. The molecule has 8 heteroatoms. The van der Waals surface area contributed by atoms with E-state index in [0.29, 0.717) is 29.7 Å². The van der Waals surface area contributed by atoms with Crippen LogP contribution in [0.25, 0.3) is 11.0 Å². The van der Waals surface area contributed by atoms with Gasteiger partial charge in [0.15, 0.2) is 5.65 Å². The number of nitrogens with zero attached hydrogens (tertiary/aromatic N) is 6. The first-order valence-electron chi connectivity index (χ1n) is 6.85. The summed E-state index contributed by atoms with van der Waals surface area (Å²) in [4.78, 5) is 24.5. The number of fused-ring (bicyclic) bond motifs is 1. The fraction of sp³-hybridized carbons (Fsp3) is 0.538. The molecule has 0 saturated carbocycles. The first-order chi connectivity index (χ1) is 10.0. The highest BCUT2D eigenvalue weighted by Crippen LogP contribution is 2.20. The Morgan fingerprint density at radius 3 is 2.90 bits per heavy atom. The van der Waals surface area contributed by atoms with Crippen LogP contribution in [0.3, 0.4) is 0 Å². The van der Waals surface area contributed by atoms with Gasteiger partial charge < -0.3 is 4.90 Å². The number of likely N-dealkylation sites (N-methyl/N-ethyl adjacent to an activating group) is 1. The second-order valence-corrected chi connectivity index (χ2v) is 5.67. The fourth-order valence-corrected chi connectivity index (χ4v) is 2.71. The largest absolute Gasteiger partial charge is 0.345 e. The van der Waals surface area contributed by atoms with E-state index >= 15 is 0 Å². The van der Waals surface area contributed by atoms with E-state index < -0.39 is 0 Å². The van der Waals surface area contributed by atoms with Crippen molar-refractivity contribution in [1.29, 1.82) is 0 Å². The van der Waals surface area contributed by atoms with Crippen LogP contribution in [0.15, 0.2) is 6.20 Å². The highest BCUT2D eigenvalue weighted by molar-refractivity contribution is 6.33. The predicted octanol–water partition coefficient (Wildman–Crippen LogP) is 0.681. The lowest BCUT2D eigenvalue weighted by atomic mass is 10.3. The van der Waals surface area contributed by atoms with Crippen LogP contribution in [0.4, 0.5) is 0 Å². The standard InChI is InChI=1S/C13H17ClN6O/c1-18-4-3-5-20(8-11(18)21)7-10-16-12(14)9-6-15-19(2)13(9)17-10/h6H,3-5,7-8H2,1-2H3. The lowest BCUT2D eigenvalue weighted by molar-refractivity contribution is -0.130. The Morgan fingerprint density at radius 1 is 1.29 bits per heavy atom. The van der Waals surface area contributed by atoms with Gasteiger partial charge in [0.05, 0.1) is 24.7 Å². The molecule has 0 atom stereocenters. The first-order valence-corrected chi connectivity index (χ1v) is 7.23. The summed E-state index contributed by atoms with van der Waals surface area (Å²) >= 11 is 6.18. The van der Waals surface area contributed by atoms with Gasteiger partial charge in [-0.3, -0.25) is 14.4 Å². The minimum Gasteiger partial charge on any atom is -0.345 e. The molecule has 1 amide bonds. The van der Waals surface area contributed by atoms with Gasteiger partial charge in [0.1, 0.15) is 11.0 Å². The number of halogens is 1. The van der Waals surface area contributed by atoms with E-state index in [9.17, 15) is 4.79 Å². The molecule has 0 bridgehead atoms. The maximum Gasteiger partial charge on any atom is 0.236 e. The number of hydrogen-bond donors (Lipinski definition) is 0. The summed E-state index contributed by atoms with van der Waals surface area (Å²) in [5, 5.41) is 5.29. The normalized spacial score (nSPS) is 17.5. The van der Waals surface area contributed by atoms with Gasteiger partial charge >= 0.3 is 0 Å². The van der Waals surface area contributed by atoms with Crippen molar-refractivity contribution < 1.29 is 4.79 Å². The molecule has 1 aliphatic heterocycles. The van der Waals surface area contributed by atoms with E-state index in [1.807, 2.05) is 14.1 Å². The van der Waals surface area contributed by atoms with Crippen molar-refractivity contribution in [3.63, 3.8) is 0 Å². The van der Waals surface area contributed by atoms with Gasteiger partial charge in [-0.2, -0.15) is 5.10 Å². The third kappa shape index (κ3) is 2.84. The second-order valence-electron chi connectivity index (χ2n) is 5.32. The van der Waals surface area contributed by atoms with Crippen molar-refractivity contribution in [2.24, 2.45) is 7.05 Å². The topological polar surface area (TPSA) is 67.2 Å².